The van der Waals surface area contributed by atoms with Crippen LogP contribution in [0.2, 0.25) is 5.02 Å². The number of phenols is 1. The summed E-state index contributed by atoms with van der Waals surface area (Å²) in [5.74, 6) is -0.0148. The number of hydrogen-bond donors (Lipinski definition) is 2. The topological polar surface area (TPSA) is 106 Å². The number of anilines is 1. The van der Waals surface area contributed by atoms with Gasteiger partial charge in [0.2, 0.25) is 0 Å². The Balaban J connectivity index is 1.38. The zero-order valence-electron chi connectivity index (χ0n) is 23.3. The Labute approximate surface area is 250 Å². The van der Waals surface area contributed by atoms with E-state index in [2.05, 4.69) is 26.1 Å². The number of halogens is 1. The van der Waals surface area contributed by atoms with Crippen molar-refractivity contribution in [3.05, 3.63) is 99.0 Å². The fraction of sp³-hybridized carbons (Fsp3) is 0.290. The minimum Gasteiger partial charge on any atom is -0.506 e. The van der Waals surface area contributed by atoms with Crippen molar-refractivity contribution in [3.63, 3.8) is 0 Å². The van der Waals surface area contributed by atoms with E-state index in [9.17, 15) is 18.3 Å². The third-order valence-corrected chi connectivity index (χ3v) is 9.48. The molecule has 0 saturated heterocycles. The van der Waals surface area contributed by atoms with E-state index in [1.54, 1.807) is 59.9 Å². The molecule has 41 heavy (non-hydrogen) atoms. The molecule has 0 aliphatic rings. The molecule has 10 heteroatoms. The van der Waals surface area contributed by atoms with Crippen LogP contribution in [-0.2, 0) is 21.7 Å². The highest BCUT2D eigenvalue weighted by atomic mass is 35.5. The number of aryl methyl sites for hydroxylation is 1. The minimum absolute atomic E-state index is 0.0407. The molecule has 1 amide bonds. The number of hydrogen-bond acceptors (Lipinski definition) is 7. The van der Waals surface area contributed by atoms with Crippen molar-refractivity contribution in [2.45, 2.75) is 57.0 Å². The number of sulfone groups is 1. The van der Waals surface area contributed by atoms with Crippen LogP contribution in [0.5, 0.6) is 11.5 Å². The number of rotatable bonds is 10. The molecule has 0 fully saturated rings. The third kappa shape index (κ3) is 8.09. The average Bonchev–Trinajstić information content (AvgIpc) is 3.42. The van der Waals surface area contributed by atoms with Gasteiger partial charge in [-0.2, -0.15) is 0 Å². The molecule has 216 valence electrons. The third-order valence-electron chi connectivity index (χ3n) is 6.41. The molecule has 0 radical (unpaired) electrons. The molecule has 0 bridgehead atoms. The van der Waals surface area contributed by atoms with Crippen molar-refractivity contribution < 1.29 is 23.1 Å². The van der Waals surface area contributed by atoms with E-state index in [4.69, 9.17) is 21.3 Å². The molecular weight excluding hydrogens is 580 g/mol. The predicted octanol–water partition coefficient (Wildman–Crippen LogP) is 7.60. The number of aromatic hydroxyl groups is 1. The van der Waals surface area contributed by atoms with E-state index in [1.807, 2.05) is 12.3 Å². The van der Waals surface area contributed by atoms with Crippen LogP contribution in [-0.4, -0.2) is 30.2 Å². The Morgan fingerprint density at radius 3 is 2.51 bits per heavy atom. The van der Waals surface area contributed by atoms with Gasteiger partial charge in [0.05, 0.1) is 22.0 Å². The molecule has 1 atom stereocenters. The van der Waals surface area contributed by atoms with Crippen LogP contribution < -0.4 is 10.1 Å². The average molecular weight is 613 g/mol. The number of nitrogens with one attached hydrogen (secondary N) is 1. The Morgan fingerprint density at radius 1 is 1.10 bits per heavy atom. The Morgan fingerprint density at radius 2 is 1.83 bits per heavy atom. The smallest absolute Gasteiger partial charge is 0.255 e. The lowest BCUT2D eigenvalue weighted by molar-refractivity contribution is 0.102. The molecule has 2 N–H and O–H groups in total. The largest absolute Gasteiger partial charge is 0.506 e. The summed E-state index contributed by atoms with van der Waals surface area (Å²) in [5.41, 5.74) is 2.35. The first-order chi connectivity index (χ1) is 19.3. The van der Waals surface area contributed by atoms with Crippen molar-refractivity contribution in [3.8, 4) is 11.5 Å². The predicted molar refractivity (Wildman–Crippen MR) is 164 cm³/mol. The number of thiazole rings is 1. The number of carbonyl (C=O) groups is 1. The molecule has 0 saturated carbocycles. The Bertz CT molecular complexity index is 1630. The van der Waals surface area contributed by atoms with Crippen molar-refractivity contribution >= 4 is 44.4 Å². The first-order valence-electron chi connectivity index (χ1n) is 13.2. The van der Waals surface area contributed by atoms with Gasteiger partial charge in [-0.25, -0.2) is 13.4 Å². The zero-order chi connectivity index (χ0) is 29.8. The second-order valence-corrected chi connectivity index (χ2v) is 14.2. The van der Waals surface area contributed by atoms with Gasteiger partial charge in [0.1, 0.15) is 22.6 Å². The highest BCUT2D eigenvalue weighted by Gasteiger charge is 2.21. The van der Waals surface area contributed by atoms with Crippen LogP contribution in [0.1, 0.15) is 66.8 Å². The maximum atomic E-state index is 13.0. The van der Waals surface area contributed by atoms with Gasteiger partial charge in [-0.3, -0.25) is 4.79 Å². The second kappa shape index (κ2) is 12.6. The van der Waals surface area contributed by atoms with Gasteiger partial charge >= 0.3 is 0 Å². The molecule has 0 aliphatic carbocycles. The van der Waals surface area contributed by atoms with Gasteiger partial charge in [-0.05, 0) is 79.9 Å². The zero-order valence-corrected chi connectivity index (χ0v) is 25.7. The maximum absolute atomic E-state index is 13.0. The summed E-state index contributed by atoms with van der Waals surface area (Å²) in [5, 5.41) is 16.5. The minimum atomic E-state index is -3.45. The van der Waals surface area contributed by atoms with Crippen LogP contribution in [0.25, 0.3) is 0 Å². The normalized spacial score (nSPS) is 12.6. The summed E-state index contributed by atoms with van der Waals surface area (Å²) in [4.78, 5) is 18.0. The van der Waals surface area contributed by atoms with E-state index in [0.29, 0.717) is 29.2 Å². The van der Waals surface area contributed by atoms with Crippen LogP contribution >= 0.6 is 22.9 Å². The van der Waals surface area contributed by atoms with Gasteiger partial charge in [0, 0.05) is 21.4 Å². The Kier molecular flexibility index (Phi) is 9.41. The summed E-state index contributed by atoms with van der Waals surface area (Å²) in [6.07, 6.45) is 0.528. The lowest BCUT2D eigenvalue weighted by Crippen LogP contribution is -2.13. The number of ether oxygens (including phenoxy) is 1. The number of aromatic nitrogens is 1. The van der Waals surface area contributed by atoms with Crippen molar-refractivity contribution in [1.82, 2.24) is 4.98 Å². The quantitative estimate of drug-likeness (QED) is 0.179. The molecule has 3 aromatic carbocycles. The molecule has 1 heterocycles. The van der Waals surface area contributed by atoms with Gasteiger partial charge in [-0.1, -0.05) is 44.5 Å². The first kappa shape index (κ1) is 30.6. The van der Waals surface area contributed by atoms with E-state index in [0.717, 1.165) is 16.3 Å². The lowest BCUT2D eigenvalue weighted by atomic mass is 9.93. The summed E-state index contributed by atoms with van der Waals surface area (Å²) in [6, 6.07) is 17.8. The molecule has 0 aliphatic heterocycles. The van der Waals surface area contributed by atoms with E-state index < -0.39 is 15.7 Å². The highest BCUT2D eigenvalue weighted by molar-refractivity contribution is 7.91. The second-order valence-electron chi connectivity index (χ2n) is 10.8. The van der Waals surface area contributed by atoms with E-state index in [1.165, 1.54) is 18.2 Å². The maximum Gasteiger partial charge on any atom is 0.255 e. The number of carbonyl (C=O) groups excluding carboxylic acids is 1. The summed E-state index contributed by atoms with van der Waals surface area (Å²) < 4.78 is 31.3. The summed E-state index contributed by atoms with van der Waals surface area (Å²) in [7, 11) is -3.45. The van der Waals surface area contributed by atoms with Crippen LogP contribution in [0.3, 0.4) is 0 Å². The van der Waals surface area contributed by atoms with Gasteiger partial charge in [0.15, 0.2) is 9.84 Å². The molecule has 1 unspecified atom stereocenters. The van der Waals surface area contributed by atoms with Gasteiger partial charge < -0.3 is 15.2 Å². The van der Waals surface area contributed by atoms with Crippen LogP contribution in [0.15, 0.2) is 77.0 Å². The Hall–Kier alpha value is -3.40. The molecule has 0 spiro atoms. The van der Waals surface area contributed by atoms with E-state index in [-0.39, 0.29) is 33.6 Å². The molecule has 7 nitrogen and oxygen atoms in total. The van der Waals surface area contributed by atoms with Crippen molar-refractivity contribution in [2.24, 2.45) is 0 Å². The van der Waals surface area contributed by atoms with Crippen molar-refractivity contribution in [1.29, 1.82) is 0 Å². The van der Waals surface area contributed by atoms with E-state index >= 15 is 0 Å². The fourth-order valence-corrected chi connectivity index (χ4v) is 6.51. The van der Waals surface area contributed by atoms with Crippen LogP contribution in [0.4, 0.5) is 5.69 Å². The highest BCUT2D eigenvalue weighted by Crippen LogP contribution is 2.30. The molecule has 4 rings (SSSR count). The number of amides is 1. The SMILES string of the molecule is CC(Oc1cccc(C(=O)Nc2cc(CCCS(=O)(=O)c3ccc(Cl)cc3)ccc2O)c1)c1nc(C(C)(C)C)cs1. The molecule has 1 aromatic heterocycles. The lowest BCUT2D eigenvalue weighted by Gasteiger charge is -2.16. The van der Waals surface area contributed by atoms with Crippen LogP contribution in [0, 0.1) is 0 Å². The van der Waals surface area contributed by atoms with Crippen molar-refractivity contribution in [2.75, 3.05) is 11.1 Å². The number of phenolic OH excluding ortho intramolecular Hbond substituents is 1. The fourth-order valence-electron chi connectivity index (χ4n) is 4.04. The molecule has 4 aromatic rings. The first-order valence-corrected chi connectivity index (χ1v) is 16.1. The molecular formula is C31H33ClN2O5S2. The van der Waals surface area contributed by atoms with Gasteiger partial charge in [0.25, 0.3) is 5.91 Å². The standard InChI is InChI=1S/C31H33ClN2O5S2/c1-20(30-34-28(19-40-30)31(2,3)4)39-24-9-5-8-22(18-24)29(36)33-26-17-21(10-15-27(26)35)7-6-16-41(37,38)25-13-11-23(32)12-14-25/h5,8-15,17-20,35H,6-7,16H2,1-4H3,(H,33,36). The summed E-state index contributed by atoms with van der Waals surface area (Å²) in [6.45, 7) is 8.25. The monoisotopic (exact) mass is 612 g/mol. The number of nitrogens with zero attached hydrogens (tertiary/aromatic N) is 1. The summed E-state index contributed by atoms with van der Waals surface area (Å²) >= 11 is 7.40. The number of benzene rings is 3. The van der Waals surface area contributed by atoms with Gasteiger partial charge in [-0.15, -0.1) is 11.3 Å².